The topological polar surface area (TPSA) is 49.4 Å². The summed E-state index contributed by atoms with van der Waals surface area (Å²) < 4.78 is 29.7. The van der Waals surface area contributed by atoms with Gasteiger partial charge in [0.25, 0.3) is 0 Å². The van der Waals surface area contributed by atoms with Crippen LogP contribution in [0.25, 0.3) is 0 Å². The summed E-state index contributed by atoms with van der Waals surface area (Å²) >= 11 is 0. The van der Waals surface area contributed by atoms with Gasteiger partial charge in [-0.25, -0.2) is 0 Å². The lowest BCUT2D eigenvalue weighted by atomic mass is 9.73. The van der Waals surface area contributed by atoms with Crippen LogP contribution in [0.1, 0.15) is 49.1 Å². The Hall–Kier alpha value is -2.60. The highest BCUT2D eigenvalue weighted by Gasteiger charge is 2.57. The van der Waals surface area contributed by atoms with Crippen LogP contribution in [-0.4, -0.2) is 44.7 Å². The molecule has 3 heterocycles. The largest absolute Gasteiger partial charge is 0.497 e. The Morgan fingerprint density at radius 2 is 1.71 bits per heavy atom. The maximum absolute atomic E-state index is 6.95. The summed E-state index contributed by atoms with van der Waals surface area (Å²) in [5.74, 6) is 4.65. The first-order valence-corrected chi connectivity index (χ1v) is 11.3. The molecule has 0 amide bonds. The van der Waals surface area contributed by atoms with E-state index < -0.39 is 0 Å². The van der Waals surface area contributed by atoms with Crippen LogP contribution in [0.2, 0.25) is 0 Å². The molecule has 6 nitrogen and oxygen atoms in total. The summed E-state index contributed by atoms with van der Waals surface area (Å²) in [6.07, 6.45) is 5.83. The fourth-order valence-corrected chi connectivity index (χ4v) is 6.23. The number of likely N-dealkylation sites (tertiary alicyclic amines) is 1. The molecule has 31 heavy (non-hydrogen) atoms. The smallest absolute Gasteiger partial charge is 0.231 e. The highest BCUT2D eigenvalue weighted by atomic mass is 16.7. The van der Waals surface area contributed by atoms with Crippen LogP contribution in [0, 0.1) is 5.92 Å². The normalized spacial score (nSPS) is 28.7. The molecule has 0 unspecified atom stereocenters. The van der Waals surface area contributed by atoms with Gasteiger partial charge in [-0.2, -0.15) is 0 Å². The average molecular weight is 424 g/mol. The van der Waals surface area contributed by atoms with E-state index in [9.17, 15) is 0 Å². The third-order valence-electron chi connectivity index (χ3n) is 7.58. The zero-order chi connectivity index (χ0) is 21.0. The van der Waals surface area contributed by atoms with Crippen LogP contribution in [0.15, 0.2) is 30.3 Å². The molecule has 0 N–H and O–H groups in total. The van der Waals surface area contributed by atoms with Crippen LogP contribution in [0.5, 0.6) is 28.7 Å². The number of ether oxygens (including phenoxy) is 5. The molecule has 2 fully saturated rings. The minimum absolute atomic E-state index is 0.155. The van der Waals surface area contributed by atoms with Crippen molar-refractivity contribution < 1.29 is 23.7 Å². The van der Waals surface area contributed by atoms with Crippen LogP contribution >= 0.6 is 0 Å². The van der Waals surface area contributed by atoms with Crippen LogP contribution in [0.4, 0.5) is 0 Å². The molecule has 6 heteroatoms. The quantitative estimate of drug-likeness (QED) is 0.719. The molecule has 3 atom stereocenters. The second kappa shape index (κ2) is 7.23. The van der Waals surface area contributed by atoms with Crippen molar-refractivity contribution in [3.05, 3.63) is 41.5 Å². The van der Waals surface area contributed by atoms with Crippen molar-refractivity contribution in [2.75, 3.05) is 34.1 Å². The Bertz CT molecular complexity index is 1000. The monoisotopic (exact) mass is 423 g/mol. The lowest BCUT2D eigenvalue weighted by molar-refractivity contribution is -0.117. The van der Waals surface area contributed by atoms with E-state index in [-0.39, 0.29) is 18.4 Å². The van der Waals surface area contributed by atoms with Gasteiger partial charge in [0.15, 0.2) is 17.2 Å². The second-order valence-corrected chi connectivity index (χ2v) is 8.97. The van der Waals surface area contributed by atoms with Gasteiger partial charge >= 0.3 is 0 Å². The lowest BCUT2D eigenvalue weighted by Gasteiger charge is -2.50. The average Bonchev–Trinajstić information content (AvgIpc) is 3.56. The molecular weight excluding hydrogens is 394 g/mol. The molecule has 0 radical (unpaired) electrons. The first kappa shape index (κ1) is 19.1. The van der Waals surface area contributed by atoms with Crippen molar-refractivity contribution in [3.8, 4) is 28.7 Å². The molecule has 3 aliphatic heterocycles. The number of hydrogen-bond donors (Lipinski definition) is 0. The molecule has 164 valence electrons. The molecule has 6 rings (SSSR count). The minimum atomic E-state index is -0.271. The fraction of sp³-hybridized carbons (Fsp3) is 0.520. The van der Waals surface area contributed by atoms with Crippen molar-refractivity contribution in [2.45, 2.75) is 43.7 Å². The number of hydrogen-bond acceptors (Lipinski definition) is 6. The number of benzene rings is 2. The Morgan fingerprint density at radius 3 is 2.48 bits per heavy atom. The first-order chi connectivity index (χ1) is 15.2. The molecule has 2 aromatic carbocycles. The predicted molar refractivity (Wildman–Crippen MR) is 115 cm³/mol. The standard InChI is InChI=1S/C25H29NO5/c1-27-16-7-8-17(20(12-16)28-2)24-18-13-22-23(30-15-29-22)14-21(18)31-25(9-5-6-19(24)25)26-10-3-4-11-26/h7-8,12-14,19,24H,3-6,9-11,15H2,1-2H3/t19-,24-,25+/m1/s1. The highest BCUT2D eigenvalue weighted by Crippen LogP contribution is 2.59. The van der Waals surface area contributed by atoms with Crippen molar-refractivity contribution in [1.82, 2.24) is 4.90 Å². The Labute approximate surface area is 183 Å². The molecule has 0 bridgehead atoms. The zero-order valence-corrected chi connectivity index (χ0v) is 18.2. The molecule has 1 saturated heterocycles. The minimum Gasteiger partial charge on any atom is -0.497 e. The molecule has 4 aliphatic rings. The van der Waals surface area contributed by atoms with Crippen LogP contribution in [-0.2, 0) is 0 Å². The van der Waals surface area contributed by atoms with Crippen LogP contribution < -0.4 is 23.7 Å². The van der Waals surface area contributed by atoms with Crippen molar-refractivity contribution in [3.63, 3.8) is 0 Å². The van der Waals surface area contributed by atoms with E-state index in [0.29, 0.717) is 5.92 Å². The Balaban J connectivity index is 1.55. The van der Waals surface area contributed by atoms with Gasteiger partial charge in [0, 0.05) is 54.6 Å². The number of nitrogens with zero attached hydrogens (tertiary/aromatic N) is 1. The summed E-state index contributed by atoms with van der Waals surface area (Å²) in [5, 5.41) is 0. The second-order valence-electron chi connectivity index (χ2n) is 8.97. The Kier molecular flexibility index (Phi) is 4.46. The number of rotatable bonds is 4. The molecular formula is C25H29NO5. The van der Waals surface area contributed by atoms with Crippen molar-refractivity contribution in [1.29, 1.82) is 0 Å². The maximum atomic E-state index is 6.95. The van der Waals surface area contributed by atoms with E-state index in [1.54, 1.807) is 14.2 Å². The summed E-state index contributed by atoms with van der Waals surface area (Å²) in [6.45, 7) is 2.46. The summed E-state index contributed by atoms with van der Waals surface area (Å²) in [6, 6.07) is 10.3. The van der Waals surface area contributed by atoms with E-state index in [4.69, 9.17) is 23.7 Å². The lowest BCUT2D eigenvalue weighted by Crippen LogP contribution is -2.58. The van der Waals surface area contributed by atoms with Crippen molar-refractivity contribution in [2.24, 2.45) is 5.92 Å². The molecule has 1 aliphatic carbocycles. The number of fused-ring (bicyclic) bond motifs is 3. The summed E-state index contributed by atoms with van der Waals surface area (Å²) in [4.78, 5) is 2.60. The predicted octanol–water partition coefficient (Wildman–Crippen LogP) is 4.55. The van der Waals surface area contributed by atoms with E-state index in [1.165, 1.54) is 18.4 Å². The van der Waals surface area contributed by atoms with Gasteiger partial charge in [0.05, 0.1) is 14.2 Å². The van der Waals surface area contributed by atoms with E-state index >= 15 is 0 Å². The van der Waals surface area contributed by atoms with Gasteiger partial charge in [0.2, 0.25) is 6.79 Å². The third-order valence-corrected chi connectivity index (χ3v) is 7.58. The SMILES string of the molecule is COc1ccc([C@@H]2c3cc4c(cc3O[C@@]3(N5CCCC5)CCC[C@H]23)OCO4)c(OC)c1. The van der Waals surface area contributed by atoms with Crippen LogP contribution in [0.3, 0.4) is 0 Å². The summed E-state index contributed by atoms with van der Waals surface area (Å²) in [7, 11) is 3.43. The van der Waals surface area contributed by atoms with Gasteiger partial charge in [-0.05, 0) is 37.8 Å². The van der Waals surface area contributed by atoms with Gasteiger partial charge in [-0.15, -0.1) is 0 Å². The highest BCUT2D eigenvalue weighted by molar-refractivity contribution is 5.58. The van der Waals surface area contributed by atoms with Gasteiger partial charge in [0.1, 0.15) is 17.2 Å². The summed E-state index contributed by atoms with van der Waals surface area (Å²) in [5.41, 5.74) is 2.07. The van der Waals surface area contributed by atoms with Crippen molar-refractivity contribution >= 4 is 0 Å². The van der Waals surface area contributed by atoms with E-state index in [1.807, 2.05) is 18.2 Å². The van der Waals surface area contributed by atoms with E-state index in [2.05, 4.69) is 17.0 Å². The van der Waals surface area contributed by atoms with E-state index in [0.717, 1.165) is 66.7 Å². The molecule has 0 aromatic heterocycles. The fourth-order valence-electron chi connectivity index (χ4n) is 6.23. The number of methoxy groups -OCH3 is 2. The maximum Gasteiger partial charge on any atom is 0.231 e. The Morgan fingerprint density at radius 1 is 0.903 bits per heavy atom. The zero-order valence-electron chi connectivity index (χ0n) is 18.2. The van der Waals surface area contributed by atoms with Gasteiger partial charge in [-0.1, -0.05) is 6.07 Å². The third kappa shape index (κ3) is 2.80. The van der Waals surface area contributed by atoms with Gasteiger partial charge < -0.3 is 23.7 Å². The molecule has 0 spiro atoms. The first-order valence-electron chi connectivity index (χ1n) is 11.3. The van der Waals surface area contributed by atoms with Gasteiger partial charge in [-0.3, -0.25) is 4.90 Å². The molecule has 2 aromatic rings. The molecule has 1 saturated carbocycles.